The van der Waals surface area contributed by atoms with Crippen LogP contribution in [0.1, 0.15) is 12.0 Å². The highest BCUT2D eigenvalue weighted by atomic mass is 15.2. The molecule has 0 saturated heterocycles. The number of aliphatic imine (C=N–C) groups is 1. The number of rotatable bonds is 7. The zero-order chi connectivity index (χ0) is 19.9. The van der Waals surface area contributed by atoms with Crippen molar-refractivity contribution >= 4 is 22.5 Å². The number of hydrogen-bond acceptors (Lipinski definition) is 2. The number of para-hydroxylation sites is 1. The van der Waals surface area contributed by atoms with Crippen LogP contribution in [0.5, 0.6) is 0 Å². The molecule has 5 nitrogen and oxygen atoms in total. The van der Waals surface area contributed by atoms with Crippen LogP contribution in [-0.2, 0) is 13.1 Å². The number of nitrogens with one attached hydrogen (secondary N) is 2. The molecule has 0 atom stereocenters. The predicted octanol–water partition coefficient (Wildman–Crippen LogP) is 3.77. The van der Waals surface area contributed by atoms with E-state index >= 15 is 0 Å². The van der Waals surface area contributed by atoms with Gasteiger partial charge < -0.3 is 20.1 Å². The average Bonchev–Trinajstić information content (AvgIpc) is 3.44. The molecule has 0 spiro atoms. The van der Waals surface area contributed by atoms with E-state index in [4.69, 9.17) is 0 Å². The molecule has 150 valence electrons. The lowest BCUT2D eigenvalue weighted by Gasteiger charge is -2.18. The van der Waals surface area contributed by atoms with Crippen molar-refractivity contribution in [1.29, 1.82) is 0 Å². The first kappa shape index (κ1) is 19.1. The van der Waals surface area contributed by atoms with Crippen LogP contribution in [0.2, 0.25) is 0 Å². The number of aromatic nitrogens is 1. The van der Waals surface area contributed by atoms with Crippen LogP contribution in [-0.4, -0.2) is 37.2 Å². The second-order valence-electron chi connectivity index (χ2n) is 7.32. The summed E-state index contributed by atoms with van der Waals surface area (Å²) in [4.78, 5) is 6.69. The minimum absolute atomic E-state index is 0.764. The number of fused-ring (bicyclic) bond motifs is 1. The maximum Gasteiger partial charge on any atom is 0.191 e. The Bertz CT molecular complexity index is 976. The maximum absolute atomic E-state index is 4.34. The van der Waals surface area contributed by atoms with E-state index in [1.54, 1.807) is 0 Å². The molecule has 0 saturated carbocycles. The average molecular weight is 388 g/mol. The number of hydrogen-bond donors (Lipinski definition) is 2. The van der Waals surface area contributed by atoms with Gasteiger partial charge in [-0.05, 0) is 41.6 Å². The highest BCUT2D eigenvalue weighted by molar-refractivity contribution is 5.80. The largest absolute Gasteiger partial charge is 0.364 e. The summed E-state index contributed by atoms with van der Waals surface area (Å²) in [5, 5.41) is 8.12. The summed E-state index contributed by atoms with van der Waals surface area (Å²) in [5.74, 6) is 0.843. The first-order valence-electron chi connectivity index (χ1n) is 10.3. The fraction of sp³-hybridized carbons (Fsp3) is 0.292. The van der Waals surface area contributed by atoms with Crippen molar-refractivity contribution in [1.82, 2.24) is 15.2 Å². The SMILES string of the molecule is CN=C(NCCCn1ccc2ccccc21)NCc1ccc(N2CC=CC2)cc1. The summed E-state index contributed by atoms with van der Waals surface area (Å²) >= 11 is 0. The van der Waals surface area contributed by atoms with Crippen molar-refractivity contribution in [3.8, 4) is 0 Å². The molecule has 2 aromatic carbocycles. The molecule has 2 heterocycles. The van der Waals surface area contributed by atoms with E-state index in [9.17, 15) is 0 Å². The Labute approximate surface area is 172 Å². The number of aryl methyl sites for hydroxylation is 1. The number of nitrogens with zero attached hydrogens (tertiary/aromatic N) is 3. The Morgan fingerprint density at radius 3 is 2.55 bits per heavy atom. The van der Waals surface area contributed by atoms with E-state index in [1.807, 2.05) is 7.05 Å². The molecule has 0 radical (unpaired) electrons. The Kier molecular flexibility index (Phi) is 6.15. The molecule has 29 heavy (non-hydrogen) atoms. The zero-order valence-corrected chi connectivity index (χ0v) is 17.0. The lowest BCUT2D eigenvalue weighted by Crippen LogP contribution is -2.37. The summed E-state index contributed by atoms with van der Waals surface area (Å²) in [7, 11) is 1.82. The third-order valence-corrected chi connectivity index (χ3v) is 5.35. The van der Waals surface area contributed by atoms with E-state index in [0.29, 0.717) is 0 Å². The van der Waals surface area contributed by atoms with Gasteiger partial charge in [0.1, 0.15) is 0 Å². The number of anilines is 1. The van der Waals surface area contributed by atoms with E-state index in [2.05, 4.69) is 98.0 Å². The van der Waals surface area contributed by atoms with Crippen LogP contribution in [0.25, 0.3) is 10.9 Å². The molecule has 1 aliphatic heterocycles. The Balaban J connectivity index is 1.20. The topological polar surface area (TPSA) is 44.6 Å². The van der Waals surface area contributed by atoms with E-state index in [0.717, 1.165) is 45.1 Å². The van der Waals surface area contributed by atoms with Crippen molar-refractivity contribution in [2.24, 2.45) is 4.99 Å². The predicted molar refractivity (Wildman–Crippen MR) is 123 cm³/mol. The molecular weight excluding hydrogens is 358 g/mol. The van der Waals surface area contributed by atoms with E-state index in [1.165, 1.54) is 22.2 Å². The lowest BCUT2D eigenvalue weighted by atomic mass is 10.2. The van der Waals surface area contributed by atoms with Gasteiger partial charge in [-0.3, -0.25) is 4.99 Å². The Morgan fingerprint density at radius 1 is 0.966 bits per heavy atom. The Hall–Kier alpha value is -3.21. The molecule has 3 aromatic rings. The van der Waals surface area contributed by atoms with Crippen molar-refractivity contribution in [3.63, 3.8) is 0 Å². The van der Waals surface area contributed by atoms with Gasteiger partial charge in [0.05, 0.1) is 0 Å². The Morgan fingerprint density at radius 2 is 1.76 bits per heavy atom. The van der Waals surface area contributed by atoms with Gasteiger partial charge in [-0.25, -0.2) is 0 Å². The molecule has 1 aliphatic rings. The van der Waals surface area contributed by atoms with Crippen molar-refractivity contribution < 1.29 is 0 Å². The second-order valence-corrected chi connectivity index (χ2v) is 7.32. The minimum atomic E-state index is 0.764. The van der Waals surface area contributed by atoms with Crippen molar-refractivity contribution in [2.45, 2.75) is 19.5 Å². The molecule has 0 unspecified atom stereocenters. The molecule has 2 N–H and O–H groups in total. The second kappa shape index (κ2) is 9.32. The van der Waals surface area contributed by atoms with Gasteiger partial charge in [0.2, 0.25) is 0 Å². The van der Waals surface area contributed by atoms with E-state index in [-0.39, 0.29) is 0 Å². The standard InChI is InChI=1S/C24H29N5/c1-25-24(26-14-6-17-29-18-13-21-7-2-3-8-23(21)29)27-19-20-9-11-22(12-10-20)28-15-4-5-16-28/h2-5,7-13,18H,6,14-17,19H2,1H3,(H2,25,26,27). The van der Waals surface area contributed by atoms with Crippen LogP contribution >= 0.6 is 0 Å². The molecule has 5 heteroatoms. The van der Waals surface area contributed by atoms with Crippen molar-refractivity contribution in [3.05, 3.63) is 78.5 Å². The normalized spacial score (nSPS) is 14.0. The minimum Gasteiger partial charge on any atom is -0.364 e. The van der Waals surface area contributed by atoms with Gasteiger partial charge in [-0.1, -0.05) is 42.5 Å². The highest BCUT2D eigenvalue weighted by Crippen LogP contribution is 2.17. The van der Waals surface area contributed by atoms with Crippen LogP contribution in [0.15, 0.2) is 77.9 Å². The highest BCUT2D eigenvalue weighted by Gasteiger charge is 2.07. The molecule has 0 fully saturated rings. The summed E-state index contributed by atoms with van der Waals surface area (Å²) in [5.41, 5.74) is 3.82. The van der Waals surface area contributed by atoms with Crippen LogP contribution in [0.3, 0.4) is 0 Å². The fourth-order valence-electron chi connectivity index (χ4n) is 3.71. The van der Waals surface area contributed by atoms with Gasteiger partial charge in [-0.15, -0.1) is 0 Å². The first-order chi connectivity index (χ1) is 14.3. The number of benzene rings is 2. The van der Waals surface area contributed by atoms with Gasteiger partial charge in [0.15, 0.2) is 5.96 Å². The van der Waals surface area contributed by atoms with Gasteiger partial charge in [-0.2, -0.15) is 0 Å². The third-order valence-electron chi connectivity index (χ3n) is 5.35. The number of guanidine groups is 1. The van der Waals surface area contributed by atoms with Gasteiger partial charge in [0.25, 0.3) is 0 Å². The molecule has 0 bridgehead atoms. The van der Waals surface area contributed by atoms with Gasteiger partial charge >= 0.3 is 0 Å². The van der Waals surface area contributed by atoms with Crippen LogP contribution < -0.4 is 15.5 Å². The monoisotopic (exact) mass is 387 g/mol. The molecular formula is C24H29N5. The molecule has 0 amide bonds. The van der Waals surface area contributed by atoms with E-state index < -0.39 is 0 Å². The van der Waals surface area contributed by atoms with Gasteiger partial charge in [0, 0.05) is 57.2 Å². The molecule has 1 aromatic heterocycles. The maximum atomic E-state index is 4.34. The fourth-order valence-corrected chi connectivity index (χ4v) is 3.71. The quantitative estimate of drug-likeness (QED) is 0.281. The molecule has 4 rings (SSSR count). The summed E-state index contributed by atoms with van der Waals surface area (Å²) in [6.07, 6.45) is 7.63. The van der Waals surface area contributed by atoms with Crippen molar-refractivity contribution in [2.75, 3.05) is 31.6 Å². The third kappa shape index (κ3) is 4.80. The summed E-state index contributed by atoms with van der Waals surface area (Å²) in [6.45, 7) is 4.65. The van der Waals surface area contributed by atoms with Crippen LogP contribution in [0, 0.1) is 0 Å². The first-order valence-corrected chi connectivity index (χ1v) is 10.3. The van der Waals surface area contributed by atoms with Crippen LogP contribution in [0.4, 0.5) is 5.69 Å². The lowest BCUT2D eigenvalue weighted by molar-refractivity contribution is 0.640. The molecule has 0 aliphatic carbocycles. The zero-order valence-electron chi connectivity index (χ0n) is 17.0. The smallest absolute Gasteiger partial charge is 0.191 e. The summed E-state index contributed by atoms with van der Waals surface area (Å²) in [6, 6.07) is 19.5. The summed E-state index contributed by atoms with van der Waals surface area (Å²) < 4.78 is 2.31.